The van der Waals surface area contributed by atoms with Gasteiger partial charge < -0.3 is 5.32 Å². The number of unbranched alkanes of at least 4 members (excludes halogenated alkanes) is 2. The lowest BCUT2D eigenvalue weighted by Crippen LogP contribution is -2.24. The van der Waals surface area contributed by atoms with Crippen molar-refractivity contribution in [2.75, 3.05) is 11.0 Å². The van der Waals surface area contributed by atoms with Gasteiger partial charge in [0.1, 0.15) is 5.69 Å². The van der Waals surface area contributed by atoms with Crippen LogP contribution in [-0.2, 0) is 0 Å². The van der Waals surface area contributed by atoms with E-state index in [2.05, 4.69) is 32.9 Å². The van der Waals surface area contributed by atoms with Crippen molar-refractivity contribution in [2.24, 2.45) is 0 Å². The normalized spacial score (nSPS) is 10.3. The van der Waals surface area contributed by atoms with Crippen molar-refractivity contribution >= 4 is 39.8 Å². The standard InChI is InChI=1S/C10H15IN2OS/c1-8-13-9(7-15-8)10(14)12-6-4-2-3-5-11/h7H,2-6H2,1H3,(H,12,14). The third-order valence-electron chi connectivity index (χ3n) is 1.95. The van der Waals surface area contributed by atoms with E-state index in [1.54, 1.807) is 5.38 Å². The summed E-state index contributed by atoms with van der Waals surface area (Å²) < 4.78 is 1.19. The summed E-state index contributed by atoms with van der Waals surface area (Å²) in [6.07, 6.45) is 3.46. The van der Waals surface area contributed by atoms with Crippen LogP contribution in [0.1, 0.15) is 34.8 Å². The van der Waals surface area contributed by atoms with Crippen molar-refractivity contribution < 1.29 is 4.79 Å². The molecule has 5 heteroatoms. The molecular weight excluding hydrogens is 323 g/mol. The number of halogens is 1. The SMILES string of the molecule is Cc1nc(C(=O)NCCCCCI)cs1. The van der Waals surface area contributed by atoms with Gasteiger partial charge in [-0.3, -0.25) is 4.79 Å². The molecule has 0 atom stereocenters. The molecule has 0 saturated heterocycles. The van der Waals surface area contributed by atoms with Crippen molar-refractivity contribution in [3.63, 3.8) is 0 Å². The van der Waals surface area contributed by atoms with Crippen LogP contribution in [0.15, 0.2) is 5.38 Å². The summed E-state index contributed by atoms with van der Waals surface area (Å²) in [7, 11) is 0. The Morgan fingerprint density at radius 1 is 1.53 bits per heavy atom. The Bertz CT molecular complexity index is 314. The predicted octanol–water partition coefficient (Wildman–Crippen LogP) is 2.79. The summed E-state index contributed by atoms with van der Waals surface area (Å²) in [6, 6.07) is 0. The molecule has 0 aliphatic rings. The van der Waals surface area contributed by atoms with E-state index in [9.17, 15) is 4.79 Å². The minimum atomic E-state index is -0.0474. The molecular formula is C10H15IN2OS. The van der Waals surface area contributed by atoms with Crippen LogP contribution >= 0.6 is 33.9 Å². The maximum Gasteiger partial charge on any atom is 0.270 e. The maximum atomic E-state index is 11.5. The van der Waals surface area contributed by atoms with E-state index in [1.807, 2.05) is 6.92 Å². The molecule has 0 radical (unpaired) electrons. The molecule has 1 N–H and O–H groups in total. The van der Waals surface area contributed by atoms with Gasteiger partial charge in [0.05, 0.1) is 5.01 Å². The van der Waals surface area contributed by atoms with Gasteiger partial charge in [-0.25, -0.2) is 4.98 Å². The van der Waals surface area contributed by atoms with Crippen molar-refractivity contribution in [3.05, 3.63) is 16.1 Å². The third-order valence-corrected chi connectivity index (χ3v) is 3.48. The number of hydrogen-bond acceptors (Lipinski definition) is 3. The van der Waals surface area contributed by atoms with Gasteiger partial charge in [0.15, 0.2) is 0 Å². The van der Waals surface area contributed by atoms with Crippen LogP contribution in [0.5, 0.6) is 0 Å². The zero-order valence-electron chi connectivity index (χ0n) is 8.75. The van der Waals surface area contributed by atoms with Gasteiger partial charge >= 0.3 is 0 Å². The molecule has 1 amide bonds. The van der Waals surface area contributed by atoms with E-state index < -0.39 is 0 Å². The van der Waals surface area contributed by atoms with E-state index in [0.29, 0.717) is 5.69 Å². The molecule has 0 bridgehead atoms. The zero-order chi connectivity index (χ0) is 11.1. The topological polar surface area (TPSA) is 42.0 Å². The van der Waals surface area contributed by atoms with Crippen LogP contribution in [0.25, 0.3) is 0 Å². The Balaban J connectivity index is 2.19. The molecule has 1 rings (SSSR count). The van der Waals surface area contributed by atoms with Crippen molar-refractivity contribution in [1.29, 1.82) is 0 Å². The number of carbonyl (C=O) groups is 1. The van der Waals surface area contributed by atoms with Crippen LogP contribution in [0.4, 0.5) is 0 Å². The zero-order valence-corrected chi connectivity index (χ0v) is 11.7. The van der Waals surface area contributed by atoms with E-state index >= 15 is 0 Å². The first-order valence-electron chi connectivity index (χ1n) is 5.00. The van der Waals surface area contributed by atoms with Gasteiger partial charge in [0.2, 0.25) is 0 Å². The highest BCUT2D eigenvalue weighted by Crippen LogP contribution is 2.07. The quantitative estimate of drug-likeness (QED) is 0.492. The number of carbonyl (C=O) groups excluding carboxylic acids is 1. The van der Waals surface area contributed by atoms with E-state index in [-0.39, 0.29) is 5.91 Å². The number of alkyl halides is 1. The Morgan fingerprint density at radius 3 is 2.93 bits per heavy atom. The largest absolute Gasteiger partial charge is 0.351 e. The van der Waals surface area contributed by atoms with Gasteiger partial charge in [0, 0.05) is 11.9 Å². The third kappa shape index (κ3) is 4.92. The molecule has 84 valence electrons. The highest BCUT2D eigenvalue weighted by molar-refractivity contribution is 14.1. The lowest BCUT2D eigenvalue weighted by Gasteiger charge is -2.01. The molecule has 0 fully saturated rings. The van der Waals surface area contributed by atoms with Gasteiger partial charge in [-0.1, -0.05) is 29.0 Å². The first-order chi connectivity index (χ1) is 7.24. The van der Waals surface area contributed by atoms with E-state index in [4.69, 9.17) is 0 Å². The molecule has 0 aliphatic carbocycles. The highest BCUT2D eigenvalue weighted by Gasteiger charge is 2.07. The average Bonchev–Trinajstić information content (AvgIpc) is 2.64. The number of aromatic nitrogens is 1. The minimum absolute atomic E-state index is 0.0474. The fraction of sp³-hybridized carbons (Fsp3) is 0.600. The predicted molar refractivity (Wildman–Crippen MR) is 71.9 cm³/mol. The van der Waals surface area contributed by atoms with E-state index in [1.165, 1.54) is 28.6 Å². The van der Waals surface area contributed by atoms with Gasteiger partial charge in [0.25, 0.3) is 5.91 Å². The first kappa shape index (κ1) is 12.9. The second-order valence-electron chi connectivity index (χ2n) is 3.26. The molecule has 1 aromatic rings. The molecule has 0 aromatic carbocycles. The molecule has 0 spiro atoms. The van der Waals surface area contributed by atoms with Gasteiger partial charge in [-0.15, -0.1) is 11.3 Å². The molecule has 0 saturated carbocycles. The van der Waals surface area contributed by atoms with Crippen LogP contribution in [0.2, 0.25) is 0 Å². The second kappa shape index (κ2) is 7.16. The lowest BCUT2D eigenvalue weighted by molar-refractivity contribution is 0.0948. The smallest absolute Gasteiger partial charge is 0.270 e. The Morgan fingerprint density at radius 2 is 2.33 bits per heavy atom. The number of rotatable bonds is 6. The van der Waals surface area contributed by atoms with Gasteiger partial charge in [-0.2, -0.15) is 0 Å². The number of nitrogens with zero attached hydrogens (tertiary/aromatic N) is 1. The Hall–Kier alpha value is -0.170. The van der Waals surface area contributed by atoms with Crippen molar-refractivity contribution in [3.8, 4) is 0 Å². The molecule has 15 heavy (non-hydrogen) atoms. The monoisotopic (exact) mass is 338 g/mol. The highest BCUT2D eigenvalue weighted by atomic mass is 127. The van der Waals surface area contributed by atoms with E-state index in [0.717, 1.165) is 18.0 Å². The number of aryl methyl sites for hydroxylation is 1. The number of thiazole rings is 1. The lowest BCUT2D eigenvalue weighted by atomic mass is 10.2. The molecule has 0 aliphatic heterocycles. The summed E-state index contributed by atoms with van der Waals surface area (Å²) in [5, 5.41) is 5.61. The summed E-state index contributed by atoms with van der Waals surface area (Å²) >= 11 is 3.88. The Labute approximate surface area is 108 Å². The minimum Gasteiger partial charge on any atom is -0.351 e. The van der Waals surface area contributed by atoms with Crippen molar-refractivity contribution in [1.82, 2.24) is 10.3 Å². The summed E-state index contributed by atoms with van der Waals surface area (Å²) in [4.78, 5) is 15.7. The van der Waals surface area contributed by atoms with Crippen LogP contribution in [0, 0.1) is 6.92 Å². The fourth-order valence-corrected chi connectivity index (χ4v) is 2.29. The van der Waals surface area contributed by atoms with Crippen LogP contribution < -0.4 is 5.32 Å². The number of hydrogen-bond donors (Lipinski definition) is 1. The summed E-state index contributed by atoms with van der Waals surface area (Å²) in [6.45, 7) is 2.66. The molecule has 1 aromatic heterocycles. The van der Waals surface area contributed by atoms with Gasteiger partial charge in [-0.05, 0) is 24.2 Å². The molecule has 1 heterocycles. The molecule has 3 nitrogen and oxygen atoms in total. The number of amides is 1. The first-order valence-corrected chi connectivity index (χ1v) is 7.41. The van der Waals surface area contributed by atoms with Crippen LogP contribution in [0.3, 0.4) is 0 Å². The van der Waals surface area contributed by atoms with Crippen LogP contribution in [-0.4, -0.2) is 21.9 Å². The fourth-order valence-electron chi connectivity index (χ4n) is 1.16. The maximum absolute atomic E-state index is 11.5. The average molecular weight is 338 g/mol. The summed E-state index contributed by atoms with van der Waals surface area (Å²) in [5.74, 6) is -0.0474. The molecule has 0 unspecified atom stereocenters. The van der Waals surface area contributed by atoms with Crippen molar-refractivity contribution in [2.45, 2.75) is 26.2 Å². The second-order valence-corrected chi connectivity index (χ2v) is 5.40. The summed E-state index contributed by atoms with van der Waals surface area (Å²) in [5.41, 5.74) is 0.548. The Kier molecular flexibility index (Phi) is 6.16. The number of nitrogens with one attached hydrogen (secondary N) is 1.